The molecule has 1 saturated heterocycles. The van der Waals surface area contributed by atoms with Crippen molar-refractivity contribution in [2.45, 2.75) is 0 Å². The lowest BCUT2D eigenvalue weighted by atomic mass is 10.2. The van der Waals surface area contributed by atoms with Gasteiger partial charge in [0.1, 0.15) is 17.3 Å². The number of rotatable bonds is 2. The van der Waals surface area contributed by atoms with Crippen molar-refractivity contribution in [3.63, 3.8) is 0 Å². The molecule has 0 saturated carbocycles. The molecule has 0 spiro atoms. The highest BCUT2D eigenvalue weighted by Gasteiger charge is 2.29. The summed E-state index contributed by atoms with van der Waals surface area (Å²) >= 11 is 0. The second-order valence-corrected chi connectivity index (χ2v) is 6.93. The molecule has 0 radical (unpaired) electrons. The zero-order valence-corrected chi connectivity index (χ0v) is 15.8. The second kappa shape index (κ2) is 7.94. The van der Waals surface area contributed by atoms with E-state index in [1.54, 1.807) is 11.0 Å². The number of H-pyrrole nitrogens is 1. The first-order chi connectivity index (χ1) is 14.4. The Morgan fingerprint density at radius 3 is 2.30 bits per heavy atom. The third kappa shape index (κ3) is 3.86. The average Bonchev–Trinajstić information content (AvgIpc) is 3.19. The van der Waals surface area contributed by atoms with E-state index in [0.29, 0.717) is 11.8 Å². The number of nitrogens with one attached hydrogen (secondary N) is 2. The quantitative estimate of drug-likeness (QED) is 0.634. The molecule has 2 heterocycles. The number of hydrogen-bond acceptors (Lipinski definition) is 3. The largest absolute Gasteiger partial charge is 0.351 e. The summed E-state index contributed by atoms with van der Waals surface area (Å²) in [5.41, 5.74) is 1.04. The van der Waals surface area contributed by atoms with E-state index in [2.05, 4.69) is 10.3 Å². The summed E-state index contributed by atoms with van der Waals surface area (Å²) in [7, 11) is 0. The van der Waals surface area contributed by atoms with Crippen molar-refractivity contribution >= 4 is 34.3 Å². The van der Waals surface area contributed by atoms with Gasteiger partial charge >= 0.3 is 11.8 Å². The Morgan fingerprint density at radius 1 is 0.900 bits per heavy atom. The Hall–Kier alpha value is -3.75. The fourth-order valence-corrected chi connectivity index (χ4v) is 3.38. The van der Waals surface area contributed by atoms with Crippen LogP contribution in [0.2, 0.25) is 0 Å². The lowest BCUT2D eigenvalue weighted by Crippen LogP contribution is -2.53. The van der Waals surface area contributed by atoms with Crippen molar-refractivity contribution in [2.24, 2.45) is 0 Å². The van der Waals surface area contributed by atoms with Crippen molar-refractivity contribution in [3.8, 4) is 0 Å². The zero-order chi connectivity index (χ0) is 21.3. The van der Waals surface area contributed by atoms with Crippen molar-refractivity contribution < 1.29 is 23.2 Å². The Bertz CT molecular complexity index is 1100. The minimum atomic E-state index is -1.02. The molecule has 9 heteroatoms. The summed E-state index contributed by atoms with van der Waals surface area (Å²) in [5, 5.41) is 3.08. The van der Waals surface area contributed by atoms with Crippen molar-refractivity contribution in [3.05, 3.63) is 65.9 Å². The third-order valence-electron chi connectivity index (χ3n) is 4.99. The van der Waals surface area contributed by atoms with Crippen LogP contribution < -0.4 is 5.32 Å². The number of benzene rings is 2. The number of piperazine rings is 1. The topological polar surface area (TPSA) is 85.5 Å². The van der Waals surface area contributed by atoms with E-state index in [1.165, 1.54) is 4.90 Å². The van der Waals surface area contributed by atoms with Gasteiger partial charge in [0.05, 0.1) is 5.69 Å². The molecule has 0 bridgehead atoms. The van der Waals surface area contributed by atoms with Gasteiger partial charge in [0, 0.05) is 43.1 Å². The van der Waals surface area contributed by atoms with Crippen LogP contribution >= 0.6 is 0 Å². The van der Waals surface area contributed by atoms with E-state index in [9.17, 15) is 23.2 Å². The normalized spacial score (nSPS) is 14.1. The molecule has 2 aromatic carbocycles. The standard InChI is InChI=1S/C21H18F2N4O3/c22-14-5-6-17(15(23)12-14)25-19(28)21(30)27-9-7-26(8-10-27)20(29)18-11-13-3-1-2-4-16(13)24-18/h1-6,11-12,24H,7-10H2,(H,25,28). The van der Waals surface area contributed by atoms with Gasteiger partial charge in [-0.15, -0.1) is 0 Å². The van der Waals surface area contributed by atoms with Gasteiger partial charge in [-0.1, -0.05) is 18.2 Å². The number of nitrogens with zero attached hydrogens (tertiary/aromatic N) is 2. The molecule has 0 atom stereocenters. The Morgan fingerprint density at radius 2 is 1.60 bits per heavy atom. The highest BCUT2D eigenvalue weighted by atomic mass is 19.1. The number of para-hydroxylation sites is 1. The number of carbonyl (C=O) groups excluding carboxylic acids is 3. The smallest absolute Gasteiger partial charge is 0.313 e. The molecular weight excluding hydrogens is 394 g/mol. The van der Waals surface area contributed by atoms with E-state index in [0.717, 1.165) is 23.0 Å². The van der Waals surface area contributed by atoms with Gasteiger partial charge in [-0.05, 0) is 24.3 Å². The molecule has 3 aromatic rings. The monoisotopic (exact) mass is 412 g/mol. The van der Waals surface area contributed by atoms with E-state index in [-0.39, 0.29) is 37.8 Å². The van der Waals surface area contributed by atoms with Gasteiger partial charge in [-0.2, -0.15) is 0 Å². The maximum absolute atomic E-state index is 13.7. The first kappa shape index (κ1) is 19.6. The number of aromatic amines is 1. The summed E-state index contributed by atoms with van der Waals surface area (Å²) in [6, 6.07) is 12.0. The number of hydrogen-bond donors (Lipinski definition) is 2. The molecule has 3 amide bonds. The van der Waals surface area contributed by atoms with Crippen LogP contribution in [0.3, 0.4) is 0 Å². The van der Waals surface area contributed by atoms with Crippen LogP contribution in [0.1, 0.15) is 10.5 Å². The summed E-state index contributed by atoms with van der Waals surface area (Å²) in [5.74, 6) is -3.79. The van der Waals surface area contributed by atoms with Crippen LogP contribution in [0.4, 0.5) is 14.5 Å². The van der Waals surface area contributed by atoms with Gasteiger partial charge in [0.15, 0.2) is 0 Å². The molecule has 30 heavy (non-hydrogen) atoms. The number of amides is 3. The number of anilines is 1. The first-order valence-corrected chi connectivity index (χ1v) is 9.35. The fourth-order valence-electron chi connectivity index (χ4n) is 3.38. The molecule has 1 aliphatic heterocycles. The number of carbonyl (C=O) groups is 3. The van der Waals surface area contributed by atoms with Crippen LogP contribution in [-0.4, -0.2) is 58.7 Å². The van der Waals surface area contributed by atoms with Crippen LogP contribution in [-0.2, 0) is 9.59 Å². The minimum absolute atomic E-state index is 0.171. The minimum Gasteiger partial charge on any atom is -0.351 e. The molecular formula is C21H18F2N4O3. The molecule has 7 nitrogen and oxygen atoms in total. The third-order valence-corrected chi connectivity index (χ3v) is 4.99. The Balaban J connectivity index is 1.35. The van der Waals surface area contributed by atoms with Crippen molar-refractivity contribution in [1.29, 1.82) is 0 Å². The predicted octanol–water partition coefficient (Wildman–Crippen LogP) is 2.37. The summed E-state index contributed by atoms with van der Waals surface area (Å²) in [4.78, 5) is 43.2. The van der Waals surface area contributed by atoms with E-state index < -0.39 is 23.4 Å². The highest BCUT2D eigenvalue weighted by Crippen LogP contribution is 2.18. The molecule has 0 aliphatic carbocycles. The molecule has 1 aliphatic rings. The van der Waals surface area contributed by atoms with Gasteiger partial charge in [-0.3, -0.25) is 14.4 Å². The highest BCUT2D eigenvalue weighted by molar-refractivity contribution is 6.39. The molecule has 2 N–H and O–H groups in total. The second-order valence-electron chi connectivity index (χ2n) is 6.93. The average molecular weight is 412 g/mol. The van der Waals surface area contributed by atoms with Gasteiger partial charge < -0.3 is 20.1 Å². The lowest BCUT2D eigenvalue weighted by molar-refractivity contribution is -0.144. The Labute approximate surface area is 170 Å². The fraction of sp³-hybridized carbons (Fsp3) is 0.190. The first-order valence-electron chi connectivity index (χ1n) is 9.35. The van der Waals surface area contributed by atoms with Crippen molar-refractivity contribution in [2.75, 3.05) is 31.5 Å². The van der Waals surface area contributed by atoms with Gasteiger partial charge in [-0.25, -0.2) is 8.78 Å². The maximum Gasteiger partial charge on any atom is 0.313 e. The maximum atomic E-state index is 13.7. The summed E-state index contributed by atoms with van der Waals surface area (Å²) in [6.07, 6.45) is 0. The molecule has 0 unspecified atom stereocenters. The number of aromatic nitrogens is 1. The van der Waals surface area contributed by atoms with Crippen LogP contribution in [0, 0.1) is 11.6 Å². The molecule has 4 rings (SSSR count). The SMILES string of the molecule is O=C(Nc1ccc(F)cc1F)C(=O)N1CCN(C(=O)c2cc3ccccc3[nH]2)CC1. The van der Waals surface area contributed by atoms with E-state index >= 15 is 0 Å². The van der Waals surface area contributed by atoms with Crippen LogP contribution in [0.5, 0.6) is 0 Å². The van der Waals surface area contributed by atoms with E-state index in [1.807, 2.05) is 24.3 Å². The molecule has 1 fully saturated rings. The lowest BCUT2D eigenvalue weighted by Gasteiger charge is -2.34. The molecule has 154 valence electrons. The van der Waals surface area contributed by atoms with E-state index in [4.69, 9.17) is 0 Å². The predicted molar refractivity (Wildman–Crippen MR) is 106 cm³/mol. The molecule has 1 aromatic heterocycles. The number of fused-ring (bicyclic) bond motifs is 1. The zero-order valence-electron chi connectivity index (χ0n) is 15.8. The van der Waals surface area contributed by atoms with Crippen molar-refractivity contribution in [1.82, 2.24) is 14.8 Å². The summed E-state index contributed by atoms with van der Waals surface area (Å²) in [6.45, 7) is 0.866. The summed E-state index contributed by atoms with van der Waals surface area (Å²) < 4.78 is 26.6. The van der Waals surface area contributed by atoms with Crippen LogP contribution in [0.25, 0.3) is 10.9 Å². The van der Waals surface area contributed by atoms with Crippen LogP contribution in [0.15, 0.2) is 48.5 Å². The number of halogens is 2. The van der Waals surface area contributed by atoms with Gasteiger partial charge in [0.25, 0.3) is 5.91 Å². The van der Waals surface area contributed by atoms with Gasteiger partial charge in [0.2, 0.25) is 0 Å². The Kier molecular flexibility index (Phi) is 5.18.